The van der Waals surface area contributed by atoms with Gasteiger partial charge in [0.05, 0.1) is 6.54 Å². The molecule has 1 aliphatic rings. The number of benzene rings is 2. The smallest absolute Gasteiger partial charge is 0.234 e. The van der Waals surface area contributed by atoms with Gasteiger partial charge < -0.3 is 14.8 Å². The van der Waals surface area contributed by atoms with E-state index in [0.717, 1.165) is 22.6 Å². The molecule has 1 N–H and O–H groups in total. The average molecular weight is 344 g/mol. The number of amides is 1. The molecular formula is C19H21FN2O3. The summed E-state index contributed by atoms with van der Waals surface area (Å²) in [7, 11) is 1.88. The van der Waals surface area contributed by atoms with Crippen LogP contribution < -0.4 is 14.8 Å². The molecule has 1 amide bonds. The van der Waals surface area contributed by atoms with Crippen LogP contribution in [0.4, 0.5) is 4.39 Å². The molecule has 0 aromatic heterocycles. The standard InChI is InChI=1S/C19H21FN2O3/c1-13-7-14(3-5-16(13)20)9-21-19(23)11-22(2)10-15-4-6-17-18(8-15)25-12-24-17/h3-8H,9-12H2,1-2H3,(H,21,23). The second-order valence-electron chi connectivity index (χ2n) is 6.22. The van der Waals surface area contributed by atoms with Gasteiger partial charge in [-0.15, -0.1) is 0 Å². The van der Waals surface area contributed by atoms with E-state index < -0.39 is 0 Å². The summed E-state index contributed by atoms with van der Waals surface area (Å²) in [5.41, 5.74) is 2.51. The van der Waals surface area contributed by atoms with Crippen molar-refractivity contribution in [1.82, 2.24) is 10.2 Å². The van der Waals surface area contributed by atoms with Crippen LogP contribution in [0.3, 0.4) is 0 Å². The Bertz CT molecular complexity index is 779. The Kier molecular flexibility index (Phi) is 5.19. The molecule has 3 rings (SSSR count). The number of likely N-dealkylation sites (N-methyl/N-ethyl adjacent to an activating group) is 1. The molecule has 25 heavy (non-hydrogen) atoms. The largest absolute Gasteiger partial charge is 0.454 e. The quantitative estimate of drug-likeness (QED) is 0.875. The average Bonchev–Trinajstić information content (AvgIpc) is 3.03. The summed E-state index contributed by atoms with van der Waals surface area (Å²) in [6.07, 6.45) is 0. The molecule has 6 heteroatoms. The lowest BCUT2D eigenvalue weighted by atomic mass is 10.1. The van der Waals surface area contributed by atoms with Crippen molar-refractivity contribution in [3.05, 3.63) is 58.9 Å². The predicted molar refractivity (Wildman–Crippen MR) is 91.9 cm³/mol. The molecule has 0 aliphatic carbocycles. The Morgan fingerprint density at radius 3 is 2.72 bits per heavy atom. The number of hydrogen-bond acceptors (Lipinski definition) is 4. The normalized spacial score (nSPS) is 12.5. The number of nitrogens with zero attached hydrogens (tertiary/aromatic N) is 1. The summed E-state index contributed by atoms with van der Waals surface area (Å²) in [5, 5.41) is 2.86. The molecule has 0 saturated carbocycles. The number of hydrogen-bond donors (Lipinski definition) is 1. The van der Waals surface area contributed by atoms with Crippen LogP contribution >= 0.6 is 0 Å². The summed E-state index contributed by atoms with van der Waals surface area (Å²) >= 11 is 0. The van der Waals surface area contributed by atoms with Gasteiger partial charge in [-0.3, -0.25) is 9.69 Å². The lowest BCUT2D eigenvalue weighted by Crippen LogP contribution is -2.34. The maximum absolute atomic E-state index is 13.2. The van der Waals surface area contributed by atoms with Crippen LogP contribution in [0, 0.1) is 12.7 Å². The van der Waals surface area contributed by atoms with E-state index in [1.165, 1.54) is 6.07 Å². The van der Waals surface area contributed by atoms with Crippen molar-refractivity contribution >= 4 is 5.91 Å². The van der Waals surface area contributed by atoms with E-state index in [0.29, 0.717) is 18.7 Å². The molecule has 0 bridgehead atoms. The number of ether oxygens (including phenoxy) is 2. The third-order valence-corrected chi connectivity index (χ3v) is 4.02. The Hall–Kier alpha value is -2.60. The third kappa shape index (κ3) is 4.48. The summed E-state index contributed by atoms with van der Waals surface area (Å²) in [6.45, 7) is 3.24. The lowest BCUT2D eigenvalue weighted by molar-refractivity contribution is -0.122. The monoisotopic (exact) mass is 344 g/mol. The van der Waals surface area contributed by atoms with Crippen LogP contribution in [0.2, 0.25) is 0 Å². The van der Waals surface area contributed by atoms with Crippen LogP contribution in [0.15, 0.2) is 36.4 Å². The van der Waals surface area contributed by atoms with Gasteiger partial charge in [-0.1, -0.05) is 18.2 Å². The van der Waals surface area contributed by atoms with E-state index in [4.69, 9.17) is 9.47 Å². The molecule has 2 aromatic carbocycles. The number of fused-ring (bicyclic) bond motifs is 1. The highest BCUT2D eigenvalue weighted by Gasteiger charge is 2.14. The van der Waals surface area contributed by atoms with E-state index in [1.54, 1.807) is 19.1 Å². The third-order valence-electron chi connectivity index (χ3n) is 4.02. The Morgan fingerprint density at radius 1 is 1.16 bits per heavy atom. The van der Waals surface area contributed by atoms with Crippen molar-refractivity contribution in [2.24, 2.45) is 0 Å². The molecular weight excluding hydrogens is 323 g/mol. The fourth-order valence-corrected chi connectivity index (χ4v) is 2.73. The highest BCUT2D eigenvalue weighted by molar-refractivity contribution is 5.78. The van der Waals surface area contributed by atoms with Crippen LogP contribution in [0.5, 0.6) is 11.5 Å². The summed E-state index contributed by atoms with van der Waals surface area (Å²) in [6, 6.07) is 10.6. The lowest BCUT2D eigenvalue weighted by Gasteiger charge is -2.16. The number of aryl methyl sites for hydroxylation is 1. The number of halogens is 1. The molecule has 0 radical (unpaired) electrons. The first-order valence-electron chi connectivity index (χ1n) is 8.10. The summed E-state index contributed by atoms with van der Waals surface area (Å²) in [5.74, 6) is 1.17. The van der Waals surface area contributed by atoms with Crippen molar-refractivity contribution in [2.45, 2.75) is 20.0 Å². The highest BCUT2D eigenvalue weighted by atomic mass is 19.1. The molecule has 1 heterocycles. The van der Waals surface area contributed by atoms with Gasteiger partial charge in [0.2, 0.25) is 12.7 Å². The van der Waals surface area contributed by atoms with Gasteiger partial charge in [0, 0.05) is 13.1 Å². The number of nitrogens with one attached hydrogen (secondary N) is 1. The van der Waals surface area contributed by atoms with E-state index in [2.05, 4.69) is 5.32 Å². The van der Waals surface area contributed by atoms with Crippen LogP contribution in [-0.2, 0) is 17.9 Å². The zero-order valence-corrected chi connectivity index (χ0v) is 14.3. The zero-order chi connectivity index (χ0) is 17.8. The minimum Gasteiger partial charge on any atom is -0.454 e. The Labute approximate surface area is 146 Å². The molecule has 5 nitrogen and oxygen atoms in total. The van der Waals surface area contributed by atoms with Gasteiger partial charge in [0.25, 0.3) is 0 Å². The van der Waals surface area contributed by atoms with E-state index in [9.17, 15) is 9.18 Å². The zero-order valence-electron chi connectivity index (χ0n) is 14.3. The second kappa shape index (κ2) is 7.53. The van der Waals surface area contributed by atoms with Crippen molar-refractivity contribution in [3.63, 3.8) is 0 Å². The summed E-state index contributed by atoms with van der Waals surface area (Å²) in [4.78, 5) is 14.0. The topological polar surface area (TPSA) is 50.8 Å². The molecule has 0 fully saturated rings. The molecule has 132 valence electrons. The van der Waals surface area contributed by atoms with Crippen molar-refractivity contribution in [1.29, 1.82) is 0 Å². The van der Waals surface area contributed by atoms with Crippen LogP contribution in [-0.4, -0.2) is 31.2 Å². The van der Waals surface area contributed by atoms with E-state index >= 15 is 0 Å². The molecule has 2 aromatic rings. The maximum atomic E-state index is 13.2. The van der Waals surface area contributed by atoms with Crippen LogP contribution in [0.1, 0.15) is 16.7 Å². The van der Waals surface area contributed by atoms with Gasteiger partial charge in [0.1, 0.15) is 5.82 Å². The van der Waals surface area contributed by atoms with Crippen molar-refractivity contribution in [2.75, 3.05) is 20.4 Å². The van der Waals surface area contributed by atoms with Gasteiger partial charge >= 0.3 is 0 Å². The van der Waals surface area contributed by atoms with Crippen LogP contribution in [0.25, 0.3) is 0 Å². The maximum Gasteiger partial charge on any atom is 0.234 e. The van der Waals surface area contributed by atoms with Crippen molar-refractivity contribution < 1.29 is 18.7 Å². The first-order valence-corrected chi connectivity index (χ1v) is 8.10. The van der Waals surface area contributed by atoms with E-state index in [-0.39, 0.29) is 25.1 Å². The van der Waals surface area contributed by atoms with Gasteiger partial charge in [-0.2, -0.15) is 0 Å². The fraction of sp³-hybridized carbons (Fsp3) is 0.316. The molecule has 0 saturated heterocycles. The second-order valence-corrected chi connectivity index (χ2v) is 6.22. The SMILES string of the molecule is Cc1cc(CNC(=O)CN(C)Cc2ccc3c(c2)OCO3)ccc1F. The van der Waals surface area contributed by atoms with Crippen molar-refractivity contribution in [3.8, 4) is 11.5 Å². The minimum absolute atomic E-state index is 0.0785. The number of rotatable bonds is 6. The Morgan fingerprint density at radius 2 is 1.92 bits per heavy atom. The number of carbonyl (C=O) groups is 1. The summed E-state index contributed by atoms with van der Waals surface area (Å²) < 4.78 is 23.9. The van der Waals surface area contributed by atoms with E-state index in [1.807, 2.05) is 30.1 Å². The fourth-order valence-electron chi connectivity index (χ4n) is 2.73. The molecule has 0 atom stereocenters. The van der Waals surface area contributed by atoms with Gasteiger partial charge in [-0.25, -0.2) is 4.39 Å². The molecule has 0 unspecified atom stereocenters. The first kappa shape index (κ1) is 17.2. The Balaban J connectivity index is 1.48. The van der Waals surface area contributed by atoms with Gasteiger partial charge in [0.15, 0.2) is 11.5 Å². The molecule has 1 aliphatic heterocycles. The number of carbonyl (C=O) groups excluding carboxylic acids is 1. The minimum atomic E-state index is -0.237. The predicted octanol–water partition coefficient (Wildman–Crippen LogP) is 2.61. The van der Waals surface area contributed by atoms with Gasteiger partial charge in [-0.05, 0) is 48.9 Å². The molecule has 0 spiro atoms. The first-order chi connectivity index (χ1) is 12.0. The highest BCUT2D eigenvalue weighted by Crippen LogP contribution is 2.32.